The Kier molecular flexibility index (Phi) is 6.46. The van der Waals surface area contributed by atoms with Gasteiger partial charge in [-0.3, -0.25) is 0 Å². The van der Waals surface area contributed by atoms with E-state index in [-0.39, 0.29) is 0 Å². The van der Waals surface area contributed by atoms with Gasteiger partial charge in [-0.1, -0.05) is 140 Å². The molecule has 0 aliphatic carbocycles. The molecule has 2 aromatic heterocycles. The van der Waals surface area contributed by atoms with Crippen molar-refractivity contribution in [1.29, 1.82) is 0 Å². The molecule has 0 saturated carbocycles. The van der Waals surface area contributed by atoms with Crippen LogP contribution in [-0.2, 0) is 0 Å². The molecule has 3 nitrogen and oxygen atoms in total. The van der Waals surface area contributed by atoms with Gasteiger partial charge in [-0.15, -0.1) is 0 Å². The first-order valence-electron chi connectivity index (χ1n) is 15.8. The van der Waals surface area contributed by atoms with Crippen molar-refractivity contribution in [3.05, 3.63) is 170 Å². The zero-order valence-corrected chi connectivity index (χ0v) is 25.5. The Morgan fingerprint density at radius 1 is 0.362 bits per heavy atom. The van der Waals surface area contributed by atoms with Crippen molar-refractivity contribution in [1.82, 2.24) is 9.97 Å². The van der Waals surface area contributed by atoms with Gasteiger partial charge in [0.25, 0.3) is 0 Å². The number of aromatic nitrogens is 2. The summed E-state index contributed by atoms with van der Waals surface area (Å²) >= 11 is 0. The average Bonchev–Trinajstić information content (AvgIpc) is 3.53. The van der Waals surface area contributed by atoms with E-state index in [2.05, 4.69) is 121 Å². The van der Waals surface area contributed by atoms with Crippen LogP contribution in [0.4, 0.5) is 0 Å². The Hall–Kier alpha value is -6.32. The molecule has 0 N–H and O–H groups in total. The number of rotatable bonds is 5. The van der Waals surface area contributed by atoms with Crippen molar-refractivity contribution in [2.45, 2.75) is 0 Å². The SMILES string of the molecule is c1ccc(-c2cc(-c3cccc4oc5ccc(-c6ccc(-c7ccc8ccccc8c7)cc6)cc5c34)nc(-c3ccccc3)n2)cc1. The van der Waals surface area contributed by atoms with Crippen LogP contribution in [0.3, 0.4) is 0 Å². The van der Waals surface area contributed by atoms with E-state index in [1.807, 2.05) is 48.5 Å². The van der Waals surface area contributed by atoms with E-state index < -0.39 is 0 Å². The van der Waals surface area contributed by atoms with Gasteiger partial charge in [0, 0.05) is 27.5 Å². The second-order valence-electron chi connectivity index (χ2n) is 11.8. The maximum Gasteiger partial charge on any atom is 0.160 e. The van der Waals surface area contributed by atoms with E-state index >= 15 is 0 Å². The minimum absolute atomic E-state index is 0.693. The summed E-state index contributed by atoms with van der Waals surface area (Å²) < 4.78 is 6.40. The van der Waals surface area contributed by atoms with Gasteiger partial charge in [-0.2, -0.15) is 0 Å². The third-order valence-corrected chi connectivity index (χ3v) is 8.90. The Morgan fingerprint density at radius 3 is 1.74 bits per heavy atom. The number of hydrogen-bond donors (Lipinski definition) is 0. The zero-order valence-electron chi connectivity index (χ0n) is 25.5. The van der Waals surface area contributed by atoms with Gasteiger partial charge in [0.2, 0.25) is 0 Å². The van der Waals surface area contributed by atoms with Crippen molar-refractivity contribution >= 4 is 32.7 Å². The lowest BCUT2D eigenvalue weighted by atomic mass is 9.96. The molecule has 9 aromatic rings. The van der Waals surface area contributed by atoms with Crippen LogP contribution in [0.2, 0.25) is 0 Å². The van der Waals surface area contributed by atoms with Crippen LogP contribution in [0, 0.1) is 0 Å². The lowest BCUT2D eigenvalue weighted by molar-refractivity contribution is 0.669. The molecule has 0 saturated heterocycles. The molecule has 0 radical (unpaired) electrons. The van der Waals surface area contributed by atoms with Gasteiger partial charge in [-0.25, -0.2) is 9.97 Å². The fourth-order valence-corrected chi connectivity index (χ4v) is 6.50. The van der Waals surface area contributed by atoms with Crippen molar-refractivity contribution in [2.24, 2.45) is 0 Å². The number of nitrogens with zero attached hydrogens (tertiary/aromatic N) is 2. The minimum Gasteiger partial charge on any atom is -0.456 e. The molecule has 0 atom stereocenters. The van der Waals surface area contributed by atoms with E-state index in [9.17, 15) is 0 Å². The quantitative estimate of drug-likeness (QED) is 0.197. The van der Waals surface area contributed by atoms with Crippen LogP contribution in [-0.4, -0.2) is 9.97 Å². The molecular weight excluding hydrogens is 572 g/mol. The fraction of sp³-hybridized carbons (Fsp3) is 0. The maximum absolute atomic E-state index is 6.40. The monoisotopic (exact) mass is 600 g/mol. The third-order valence-electron chi connectivity index (χ3n) is 8.90. The highest BCUT2D eigenvalue weighted by atomic mass is 16.3. The van der Waals surface area contributed by atoms with E-state index in [1.165, 1.54) is 21.9 Å². The molecular formula is C44H28N2O. The van der Waals surface area contributed by atoms with Gasteiger partial charge < -0.3 is 4.42 Å². The summed E-state index contributed by atoms with van der Waals surface area (Å²) in [6, 6.07) is 59.2. The summed E-state index contributed by atoms with van der Waals surface area (Å²) in [7, 11) is 0. The molecule has 0 unspecified atom stereocenters. The molecule has 220 valence electrons. The summed E-state index contributed by atoms with van der Waals surface area (Å²) in [5.74, 6) is 0.693. The van der Waals surface area contributed by atoms with Crippen LogP contribution in [0.5, 0.6) is 0 Å². The molecule has 0 amide bonds. The Balaban J connectivity index is 1.16. The normalized spacial score (nSPS) is 11.4. The van der Waals surface area contributed by atoms with Gasteiger partial charge in [0.15, 0.2) is 5.82 Å². The number of fused-ring (bicyclic) bond motifs is 4. The molecule has 3 heteroatoms. The molecule has 0 aliphatic rings. The Labute approximate surface area is 272 Å². The Morgan fingerprint density at radius 2 is 0.979 bits per heavy atom. The van der Waals surface area contributed by atoms with Crippen LogP contribution in [0.1, 0.15) is 0 Å². The van der Waals surface area contributed by atoms with E-state index in [4.69, 9.17) is 14.4 Å². The summed E-state index contributed by atoms with van der Waals surface area (Å²) in [5, 5.41) is 4.61. The largest absolute Gasteiger partial charge is 0.456 e. The second-order valence-corrected chi connectivity index (χ2v) is 11.8. The highest BCUT2D eigenvalue weighted by Crippen LogP contribution is 2.39. The minimum atomic E-state index is 0.693. The van der Waals surface area contributed by atoms with Crippen LogP contribution in [0.25, 0.3) is 88.9 Å². The highest BCUT2D eigenvalue weighted by molar-refractivity contribution is 6.13. The van der Waals surface area contributed by atoms with Gasteiger partial charge in [-0.05, 0) is 63.4 Å². The lowest BCUT2D eigenvalue weighted by Gasteiger charge is -2.10. The summed E-state index contributed by atoms with van der Waals surface area (Å²) in [6.07, 6.45) is 0. The van der Waals surface area contributed by atoms with Crippen molar-refractivity contribution < 1.29 is 4.42 Å². The lowest BCUT2D eigenvalue weighted by Crippen LogP contribution is -1.96. The standard InChI is InChI=1S/C44H28N2O/c1-3-11-32(12-4-1)39-28-40(46-44(45-39)33-13-5-2-6-14-33)37-16-9-17-42-43(37)38-27-36(24-25-41(38)47-42)31-20-18-30(19-21-31)35-23-22-29-10-7-8-15-34(29)26-35/h1-28H. The first-order valence-corrected chi connectivity index (χ1v) is 15.8. The predicted octanol–water partition coefficient (Wildman–Crippen LogP) is 11.9. The van der Waals surface area contributed by atoms with Crippen molar-refractivity contribution in [3.63, 3.8) is 0 Å². The first kappa shape index (κ1) is 27.0. The van der Waals surface area contributed by atoms with E-state index in [0.29, 0.717) is 5.82 Å². The smallest absolute Gasteiger partial charge is 0.160 e. The molecule has 0 bridgehead atoms. The van der Waals surface area contributed by atoms with Crippen molar-refractivity contribution in [3.8, 4) is 56.2 Å². The van der Waals surface area contributed by atoms with Crippen LogP contribution >= 0.6 is 0 Å². The number of benzene rings is 7. The molecule has 2 heterocycles. The predicted molar refractivity (Wildman–Crippen MR) is 194 cm³/mol. The molecule has 7 aromatic carbocycles. The van der Waals surface area contributed by atoms with Gasteiger partial charge in [0.05, 0.1) is 11.4 Å². The number of furan rings is 1. The van der Waals surface area contributed by atoms with Gasteiger partial charge in [0.1, 0.15) is 11.2 Å². The average molecular weight is 601 g/mol. The highest BCUT2D eigenvalue weighted by Gasteiger charge is 2.17. The van der Waals surface area contributed by atoms with Crippen LogP contribution < -0.4 is 0 Å². The maximum atomic E-state index is 6.40. The Bertz CT molecular complexity index is 2490. The first-order chi connectivity index (χ1) is 23.3. The topological polar surface area (TPSA) is 38.9 Å². The fourth-order valence-electron chi connectivity index (χ4n) is 6.50. The van der Waals surface area contributed by atoms with E-state index in [1.54, 1.807) is 0 Å². The molecule has 0 fully saturated rings. The number of hydrogen-bond acceptors (Lipinski definition) is 3. The summed E-state index contributed by atoms with van der Waals surface area (Å²) in [6.45, 7) is 0. The molecule has 9 rings (SSSR count). The summed E-state index contributed by atoms with van der Waals surface area (Å²) in [5.41, 5.74) is 11.2. The molecule has 0 aliphatic heterocycles. The van der Waals surface area contributed by atoms with E-state index in [0.717, 1.165) is 61.1 Å². The van der Waals surface area contributed by atoms with Gasteiger partial charge >= 0.3 is 0 Å². The third kappa shape index (κ3) is 4.95. The van der Waals surface area contributed by atoms with Crippen molar-refractivity contribution in [2.75, 3.05) is 0 Å². The second kappa shape index (κ2) is 11.2. The zero-order chi connectivity index (χ0) is 31.2. The van der Waals surface area contributed by atoms with Crippen LogP contribution in [0.15, 0.2) is 174 Å². The summed E-state index contributed by atoms with van der Waals surface area (Å²) in [4.78, 5) is 10.1. The molecule has 0 spiro atoms. The molecule has 47 heavy (non-hydrogen) atoms.